The number of benzene rings is 6. The number of anilines is 3. The number of fused-ring (bicyclic) bond motifs is 2. The van der Waals surface area contributed by atoms with E-state index in [2.05, 4.69) is 146 Å². The van der Waals surface area contributed by atoms with Gasteiger partial charge in [-0.2, -0.15) is 0 Å². The van der Waals surface area contributed by atoms with Gasteiger partial charge in [0.25, 0.3) is 0 Å². The lowest BCUT2D eigenvalue weighted by atomic mass is 9.91. The number of nitrogens with zero attached hydrogens (tertiary/aromatic N) is 1. The van der Waals surface area contributed by atoms with Crippen LogP contribution in [0, 0.1) is 13.8 Å². The summed E-state index contributed by atoms with van der Waals surface area (Å²) >= 11 is 0. The molecule has 0 fully saturated rings. The molecule has 6 rings (SSSR count). The summed E-state index contributed by atoms with van der Waals surface area (Å²) in [6, 6.07) is 46.2. The first-order valence-electron chi connectivity index (χ1n) is 12.1. The van der Waals surface area contributed by atoms with Crippen molar-refractivity contribution >= 4 is 38.6 Å². The van der Waals surface area contributed by atoms with Crippen LogP contribution in [0.15, 0.2) is 127 Å². The third-order valence-corrected chi connectivity index (χ3v) is 6.79. The highest BCUT2D eigenvalue weighted by Crippen LogP contribution is 2.45. The maximum atomic E-state index is 2.39. The normalized spacial score (nSPS) is 11.1. The van der Waals surface area contributed by atoms with E-state index in [9.17, 15) is 0 Å². The Hall–Kier alpha value is -4.36. The van der Waals surface area contributed by atoms with E-state index in [1.165, 1.54) is 49.5 Å². The van der Waals surface area contributed by atoms with Crippen molar-refractivity contribution in [3.8, 4) is 11.1 Å². The highest BCUT2D eigenvalue weighted by Gasteiger charge is 2.20. The SMILES string of the molecule is Cc1ccc(N(c2ccc(C)cc2)c2ccc3ccccc3c2-c2cccc3ccccc23)cc1. The van der Waals surface area contributed by atoms with E-state index in [0.29, 0.717) is 0 Å². The Bertz CT molecular complexity index is 1590. The van der Waals surface area contributed by atoms with E-state index >= 15 is 0 Å². The predicted molar refractivity (Wildman–Crippen MR) is 151 cm³/mol. The van der Waals surface area contributed by atoms with E-state index in [-0.39, 0.29) is 0 Å². The van der Waals surface area contributed by atoms with E-state index in [4.69, 9.17) is 0 Å². The summed E-state index contributed by atoms with van der Waals surface area (Å²) in [7, 11) is 0. The van der Waals surface area contributed by atoms with Gasteiger partial charge < -0.3 is 4.90 Å². The van der Waals surface area contributed by atoms with Gasteiger partial charge in [0.15, 0.2) is 0 Å². The topological polar surface area (TPSA) is 3.24 Å². The van der Waals surface area contributed by atoms with Crippen molar-refractivity contribution < 1.29 is 0 Å². The van der Waals surface area contributed by atoms with E-state index < -0.39 is 0 Å². The number of aryl methyl sites for hydroxylation is 2. The molecule has 0 aliphatic heterocycles. The van der Waals surface area contributed by atoms with Crippen molar-refractivity contribution in [3.63, 3.8) is 0 Å². The monoisotopic (exact) mass is 449 g/mol. The molecule has 0 unspecified atom stereocenters. The van der Waals surface area contributed by atoms with Gasteiger partial charge in [0.05, 0.1) is 5.69 Å². The molecule has 0 aliphatic rings. The third kappa shape index (κ3) is 3.86. The minimum atomic E-state index is 1.15. The minimum absolute atomic E-state index is 1.15. The molecule has 0 saturated heterocycles. The second-order valence-electron chi connectivity index (χ2n) is 9.21. The first kappa shape index (κ1) is 21.2. The summed E-state index contributed by atoms with van der Waals surface area (Å²) in [5, 5.41) is 5.01. The summed E-state index contributed by atoms with van der Waals surface area (Å²) in [5.41, 5.74) is 8.48. The Morgan fingerprint density at radius 3 is 1.57 bits per heavy atom. The van der Waals surface area contributed by atoms with Crippen LogP contribution < -0.4 is 4.90 Å². The molecule has 0 aliphatic carbocycles. The van der Waals surface area contributed by atoms with Crippen molar-refractivity contribution in [2.24, 2.45) is 0 Å². The summed E-state index contributed by atoms with van der Waals surface area (Å²) in [6.45, 7) is 4.27. The second kappa shape index (κ2) is 8.77. The zero-order chi connectivity index (χ0) is 23.8. The van der Waals surface area contributed by atoms with Crippen LogP contribution in [0.25, 0.3) is 32.7 Å². The Morgan fingerprint density at radius 1 is 0.429 bits per heavy atom. The quantitative estimate of drug-likeness (QED) is 0.259. The van der Waals surface area contributed by atoms with Crippen LogP contribution >= 0.6 is 0 Å². The lowest BCUT2D eigenvalue weighted by Crippen LogP contribution is -2.11. The van der Waals surface area contributed by atoms with Crippen molar-refractivity contribution in [1.82, 2.24) is 0 Å². The lowest BCUT2D eigenvalue weighted by Gasteiger charge is -2.29. The Kier molecular flexibility index (Phi) is 5.31. The molecule has 0 heterocycles. The van der Waals surface area contributed by atoms with Crippen LogP contribution in [0.4, 0.5) is 17.1 Å². The highest BCUT2D eigenvalue weighted by molar-refractivity contribution is 6.11. The molecule has 0 amide bonds. The first-order valence-corrected chi connectivity index (χ1v) is 12.1. The summed E-state index contributed by atoms with van der Waals surface area (Å²) in [4.78, 5) is 2.39. The highest BCUT2D eigenvalue weighted by atomic mass is 15.1. The molecule has 0 N–H and O–H groups in total. The van der Waals surface area contributed by atoms with Gasteiger partial charge in [-0.3, -0.25) is 0 Å². The Balaban J connectivity index is 1.71. The van der Waals surface area contributed by atoms with Crippen molar-refractivity contribution in [3.05, 3.63) is 139 Å². The summed E-state index contributed by atoms with van der Waals surface area (Å²) < 4.78 is 0. The van der Waals surface area contributed by atoms with Gasteiger partial charge in [-0.1, -0.05) is 108 Å². The van der Waals surface area contributed by atoms with Crippen molar-refractivity contribution in [1.29, 1.82) is 0 Å². The van der Waals surface area contributed by atoms with Crippen LogP contribution in [-0.2, 0) is 0 Å². The van der Waals surface area contributed by atoms with Crippen molar-refractivity contribution in [2.75, 3.05) is 4.90 Å². The number of hydrogen-bond acceptors (Lipinski definition) is 1. The third-order valence-electron chi connectivity index (χ3n) is 6.79. The van der Waals surface area contributed by atoms with E-state index in [1.807, 2.05) is 0 Å². The van der Waals surface area contributed by atoms with Gasteiger partial charge in [0.2, 0.25) is 0 Å². The molecule has 1 heteroatoms. The smallest absolute Gasteiger partial charge is 0.0546 e. The molecule has 6 aromatic rings. The minimum Gasteiger partial charge on any atom is -0.310 e. The summed E-state index contributed by atoms with van der Waals surface area (Å²) in [6.07, 6.45) is 0. The van der Waals surface area contributed by atoms with Crippen LogP contribution in [0.5, 0.6) is 0 Å². The van der Waals surface area contributed by atoms with Crippen LogP contribution in [0.1, 0.15) is 11.1 Å². The van der Waals surface area contributed by atoms with Crippen LogP contribution in [0.3, 0.4) is 0 Å². The molecule has 0 bridgehead atoms. The van der Waals surface area contributed by atoms with Gasteiger partial charge >= 0.3 is 0 Å². The van der Waals surface area contributed by atoms with Gasteiger partial charge in [-0.15, -0.1) is 0 Å². The average molecular weight is 450 g/mol. The molecule has 0 atom stereocenters. The fourth-order valence-corrected chi connectivity index (χ4v) is 4.99. The molecular formula is C34H27N. The largest absolute Gasteiger partial charge is 0.310 e. The molecule has 0 aromatic heterocycles. The van der Waals surface area contributed by atoms with Crippen LogP contribution in [-0.4, -0.2) is 0 Å². The lowest BCUT2D eigenvalue weighted by molar-refractivity contribution is 1.27. The van der Waals surface area contributed by atoms with Gasteiger partial charge in [-0.05, 0) is 71.3 Å². The maximum absolute atomic E-state index is 2.39. The standard InChI is InChI=1S/C34H27N/c1-24-14-19-28(20-15-24)35(29-21-16-25(2)17-22-29)33-23-18-27-9-4-6-12-31(27)34(33)32-13-7-10-26-8-3-5-11-30(26)32/h3-23H,1-2H3. The van der Waals surface area contributed by atoms with E-state index in [0.717, 1.165) is 11.4 Å². The average Bonchev–Trinajstić information content (AvgIpc) is 2.90. The van der Waals surface area contributed by atoms with Crippen LogP contribution in [0.2, 0.25) is 0 Å². The maximum Gasteiger partial charge on any atom is 0.0546 e. The molecule has 1 nitrogen and oxygen atoms in total. The zero-order valence-electron chi connectivity index (χ0n) is 20.1. The Morgan fingerprint density at radius 2 is 0.943 bits per heavy atom. The zero-order valence-corrected chi connectivity index (χ0v) is 20.1. The summed E-state index contributed by atoms with van der Waals surface area (Å²) in [5.74, 6) is 0. The molecule has 0 saturated carbocycles. The first-order chi connectivity index (χ1) is 17.2. The molecular weight excluding hydrogens is 422 g/mol. The predicted octanol–water partition coefficient (Wildman–Crippen LogP) is 9.75. The van der Waals surface area contributed by atoms with E-state index in [1.54, 1.807) is 0 Å². The van der Waals surface area contributed by atoms with Gasteiger partial charge in [-0.25, -0.2) is 0 Å². The molecule has 168 valence electrons. The molecule has 35 heavy (non-hydrogen) atoms. The molecule has 0 spiro atoms. The van der Waals surface area contributed by atoms with Gasteiger partial charge in [0, 0.05) is 16.9 Å². The van der Waals surface area contributed by atoms with Gasteiger partial charge in [0.1, 0.15) is 0 Å². The number of rotatable bonds is 4. The molecule has 6 aromatic carbocycles. The second-order valence-corrected chi connectivity index (χ2v) is 9.21. The fourth-order valence-electron chi connectivity index (χ4n) is 4.99. The fraction of sp³-hybridized carbons (Fsp3) is 0.0588. The van der Waals surface area contributed by atoms with Crippen molar-refractivity contribution in [2.45, 2.75) is 13.8 Å². The Labute approximate surface area is 206 Å². The number of hydrogen-bond donors (Lipinski definition) is 0. The molecule has 0 radical (unpaired) electrons.